The topological polar surface area (TPSA) is 81.4 Å². The SMILES string of the molecule is COc1cccnc1-c1cccc(C(=O)N(C)CCc2noc(C)n2)c1. The molecule has 0 radical (unpaired) electrons. The monoisotopic (exact) mass is 352 g/mol. The van der Waals surface area contributed by atoms with Crippen LogP contribution in [0.1, 0.15) is 22.1 Å². The van der Waals surface area contributed by atoms with E-state index in [9.17, 15) is 4.79 Å². The maximum atomic E-state index is 12.7. The van der Waals surface area contributed by atoms with E-state index in [-0.39, 0.29) is 5.91 Å². The molecule has 2 aromatic heterocycles. The molecule has 2 heterocycles. The number of methoxy groups -OCH3 is 1. The molecule has 7 nitrogen and oxygen atoms in total. The summed E-state index contributed by atoms with van der Waals surface area (Å²) in [7, 11) is 3.35. The van der Waals surface area contributed by atoms with Gasteiger partial charge in [0.2, 0.25) is 5.89 Å². The van der Waals surface area contributed by atoms with Crippen molar-refractivity contribution in [3.63, 3.8) is 0 Å². The zero-order valence-electron chi connectivity index (χ0n) is 15.0. The normalized spacial score (nSPS) is 10.6. The molecule has 0 aliphatic rings. The summed E-state index contributed by atoms with van der Waals surface area (Å²) in [6.45, 7) is 2.23. The number of hydrogen-bond acceptors (Lipinski definition) is 6. The van der Waals surface area contributed by atoms with E-state index in [2.05, 4.69) is 15.1 Å². The number of pyridine rings is 1. The summed E-state index contributed by atoms with van der Waals surface area (Å²) < 4.78 is 10.3. The van der Waals surface area contributed by atoms with E-state index in [1.54, 1.807) is 38.2 Å². The van der Waals surface area contributed by atoms with Gasteiger partial charge >= 0.3 is 0 Å². The number of carbonyl (C=O) groups is 1. The van der Waals surface area contributed by atoms with Crippen molar-refractivity contribution in [1.82, 2.24) is 20.0 Å². The van der Waals surface area contributed by atoms with Crippen LogP contribution in [0.25, 0.3) is 11.3 Å². The number of amides is 1. The Bertz CT molecular complexity index is 907. The second-order valence-electron chi connectivity index (χ2n) is 5.84. The van der Waals surface area contributed by atoms with Gasteiger partial charge in [0, 0.05) is 44.3 Å². The van der Waals surface area contributed by atoms with Crippen LogP contribution in [-0.2, 0) is 6.42 Å². The minimum Gasteiger partial charge on any atom is -0.494 e. The second kappa shape index (κ2) is 7.77. The minimum absolute atomic E-state index is 0.0815. The summed E-state index contributed by atoms with van der Waals surface area (Å²) in [6, 6.07) is 11.0. The van der Waals surface area contributed by atoms with Crippen LogP contribution >= 0.6 is 0 Å². The van der Waals surface area contributed by atoms with E-state index in [1.165, 1.54) is 0 Å². The predicted molar refractivity (Wildman–Crippen MR) is 95.9 cm³/mol. The van der Waals surface area contributed by atoms with Crippen LogP contribution in [0.2, 0.25) is 0 Å². The summed E-state index contributed by atoms with van der Waals surface area (Å²) in [5.74, 6) is 1.69. The quantitative estimate of drug-likeness (QED) is 0.678. The number of hydrogen-bond donors (Lipinski definition) is 0. The fourth-order valence-corrected chi connectivity index (χ4v) is 2.60. The van der Waals surface area contributed by atoms with Crippen LogP contribution in [0.4, 0.5) is 0 Å². The first-order valence-corrected chi connectivity index (χ1v) is 8.22. The van der Waals surface area contributed by atoms with Crippen molar-refractivity contribution in [2.45, 2.75) is 13.3 Å². The summed E-state index contributed by atoms with van der Waals surface area (Å²) in [4.78, 5) is 22.9. The van der Waals surface area contributed by atoms with Gasteiger partial charge in [0.25, 0.3) is 5.91 Å². The Morgan fingerprint density at radius 1 is 1.27 bits per heavy atom. The minimum atomic E-state index is -0.0815. The third-order valence-corrected chi connectivity index (χ3v) is 3.96. The molecule has 0 aliphatic carbocycles. The fraction of sp³-hybridized carbons (Fsp3) is 0.263. The van der Waals surface area contributed by atoms with Gasteiger partial charge in [-0.15, -0.1) is 0 Å². The lowest BCUT2D eigenvalue weighted by Crippen LogP contribution is -2.29. The van der Waals surface area contributed by atoms with Crippen molar-refractivity contribution in [2.24, 2.45) is 0 Å². The molecule has 3 rings (SSSR count). The lowest BCUT2D eigenvalue weighted by Gasteiger charge is -2.17. The Hall–Kier alpha value is -3.22. The van der Waals surface area contributed by atoms with E-state index >= 15 is 0 Å². The molecule has 1 aromatic carbocycles. The third kappa shape index (κ3) is 3.88. The predicted octanol–water partition coefficient (Wildman–Crippen LogP) is 2.76. The highest BCUT2D eigenvalue weighted by Gasteiger charge is 2.15. The van der Waals surface area contributed by atoms with Gasteiger partial charge < -0.3 is 14.2 Å². The first-order valence-electron chi connectivity index (χ1n) is 8.22. The lowest BCUT2D eigenvalue weighted by atomic mass is 10.1. The molecule has 26 heavy (non-hydrogen) atoms. The molecule has 0 saturated carbocycles. The molecule has 3 aromatic rings. The van der Waals surface area contributed by atoms with E-state index in [1.807, 2.05) is 30.3 Å². The van der Waals surface area contributed by atoms with Crippen LogP contribution in [-0.4, -0.2) is 46.6 Å². The molecule has 0 aliphatic heterocycles. The summed E-state index contributed by atoms with van der Waals surface area (Å²) in [5, 5.41) is 3.85. The third-order valence-electron chi connectivity index (χ3n) is 3.96. The van der Waals surface area contributed by atoms with Crippen molar-refractivity contribution in [3.05, 3.63) is 59.9 Å². The molecule has 134 valence electrons. The maximum Gasteiger partial charge on any atom is 0.253 e. The smallest absolute Gasteiger partial charge is 0.253 e. The van der Waals surface area contributed by atoms with Gasteiger partial charge in [-0.25, -0.2) is 0 Å². The standard InChI is InChI=1S/C19H20N4O3/c1-13-21-17(22-26-13)9-11-23(2)19(24)15-7-4-6-14(12-15)18-16(25-3)8-5-10-20-18/h4-8,10,12H,9,11H2,1-3H3. The van der Waals surface area contributed by atoms with Gasteiger partial charge in [0.05, 0.1) is 7.11 Å². The van der Waals surface area contributed by atoms with Crippen LogP contribution in [0.3, 0.4) is 0 Å². The number of benzene rings is 1. The fourth-order valence-electron chi connectivity index (χ4n) is 2.60. The van der Waals surface area contributed by atoms with E-state index in [4.69, 9.17) is 9.26 Å². The molecule has 0 N–H and O–H groups in total. The van der Waals surface area contributed by atoms with E-state index < -0.39 is 0 Å². The molecule has 7 heteroatoms. The van der Waals surface area contributed by atoms with Gasteiger partial charge in [0.1, 0.15) is 11.4 Å². The molecule has 1 amide bonds. The van der Waals surface area contributed by atoms with Gasteiger partial charge in [-0.2, -0.15) is 4.98 Å². The van der Waals surface area contributed by atoms with Crippen LogP contribution in [0.15, 0.2) is 47.1 Å². The molecule has 0 atom stereocenters. The van der Waals surface area contributed by atoms with Crippen molar-refractivity contribution in [2.75, 3.05) is 20.7 Å². The lowest BCUT2D eigenvalue weighted by molar-refractivity contribution is 0.0796. The molecule has 0 bridgehead atoms. The Kier molecular flexibility index (Phi) is 5.26. The molecule has 0 fully saturated rings. The Morgan fingerprint density at radius 3 is 2.85 bits per heavy atom. The molecule has 0 unspecified atom stereocenters. The molecular weight excluding hydrogens is 332 g/mol. The first kappa shape index (κ1) is 17.6. The zero-order valence-corrected chi connectivity index (χ0v) is 15.0. The largest absolute Gasteiger partial charge is 0.494 e. The number of aromatic nitrogens is 3. The summed E-state index contributed by atoms with van der Waals surface area (Å²) in [5.41, 5.74) is 2.12. The van der Waals surface area contributed by atoms with Crippen LogP contribution in [0, 0.1) is 6.92 Å². The van der Waals surface area contributed by atoms with Gasteiger partial charge in [-0.3, -0.25) is 9.78 Å². The van der Waals surface area contributed by atoms with Crippen LogP contribution in [0.5, 0.6) is 5.75 Å². The highest BCUT2D eigenvalue weighted by Crippen LogP contribution is 2.27. The number of carbonyl (C=O) groups excluding carboxylic acids is 1. The van der Waals surface area contributed by atoms with Crippen molar-refractivity contribution < 1.29 is 14.1 Å². The average Bonchev–Trinajstić information content (AvgIpc) is 3.10. The highest BCUT2D eigenvalue weighted by molar-refractivity contribution is 5.95. The van der Waals surface area contributed by atoms with Crippen molar-refractivity contribution in [3.8, 4) is 17.0 Å². The van der Waals surface area contributed by atoms with Crippen molar-refractivity contribution >= 4 is 5.91 Å². The van der Waals surface area contributed by atoms with Crippen molar-refractivity contribution in [1.29, 1.82) is 0 Å². The maximum absolute atomic E-state index is 12.7. The number of nitrogens with zero attached hydrogens (tertiary/aromatic N) is 4. The number of aryl methyl sites for hydroxylation is 1. The van der Waals surface area contributed by atoms with Crippen LogP contribution < -0.4 is 4.74 Å². The van der Waals surface area contributed by atoms with Gasteiger partial charge in [-0.05, 0) is 24.3 Å². The number of rotatable bonds is 6. The molecular formula is C19H20N4O3. The van der Waals surface area contributed by atoms with E-state index in [0.717, 1.165) is 5.56 Å². The van der Waals surface area contributed by atoms with Gasteiger partial charge in [0.15, 0.2) is 5.82 Å². The van der Waals surface area contributed by atoms with Gasteiger partial charge in [-0.1, -0.05) is 17.3 Å². The Labute approximate surface area is 151 Å². The first-order chi connectivity index (χ1) is 12.6. The summed E-state index contributed by atoms with van der Waals surface area (Å²) in [6.07, 6.45) is 2.23. The molecule has 0 saturated heterocycles. The Balaban J connectivity index is 1.75. The average molecular weight is 352 g/mol. The number of ether oxygens (including phenoxy) is 1. The summed E-state index contributed by atoms with van der Waals surface area (Å²) >= 11 is 0. The van der Waals surface area contributed by atoms with E-state index in [0.29, 0.717) is 41.7 Å². The zero-order chi connectivity index (χ0) is 18.5. The highest BCUT2D eigenvalue weighted by atomic mass is 16.5. The molecule has 0 spiro atoms. The number of likely N-dealkylation sites (N-methyl/N-ethyl adjacent to an activating group) is 1. The Morgan fingerprint density at radius 2 is 2.12 bits per heavy atom. The second-order valence-corrected chi connectivity index (χ2v) is 5.84.